The normalized spacial score (nSPS) is 14.1. The van der Waals surface area contributed by atoms with Crippen molar-refractivity contribution in [3.05, 3.63) is 74.7 Å². The van der Waals surface area contributed by atoms with Crippen molar-refractivity contribution in [3.8, 4) is 0 Å². The Hall–Kier alpha value is -3.49. The molecule has 0 aliphatic carbocycles. The highest BCUT2D eigenvalue weighted by Crippen LogP contribution is 2.10. The number of piperazine rings is 1. The van der Waals surface area contributed by atoms with Gasteiger partial charge in [-0.1, -0.05) is 18.2 Å². The van der Waals surface area contributed by atoms with Gasteiger partial charge in [-0.2, -0.15) is 0 Å². The molecule has 1 aromatic carbocycles. The van der Waals surface area contributed by atoms with Gasteiger partial charge in [0.25, 0.3) is 17.2 Å². The zero-order chi connectivity index (χ0) is 19.4. The van der Waals surface area contributed by atoms with E-state index in [1.54, 1.807) is 34.1 Å². The molecule has 0 saturated carbocycles. The number of rotatable bonds is 4. The first-order valence-corrected chi connectivity index (χ1v) is 8.42. The first-order chi connectivity index (χ1) is 13.0. The third kappa shape index (κ3) is 4.20. The van der Waals surface area contributed by atoms with Crippen LogP contribution in [0.15, 0.2) is 53.5 Å². The van der Waals surface area contributed by atoms with Crippen molar-refractivity contribution in [2.75, 3.05) is 26.2 Å². The number of nitro groups is 1. The van der Waals surface area contributed by atoms with Crippen LogP contribution < -0.4 is 5.56 Å². The maximum absolute atomic E-state index is 12.4. The van der Waals surface area contributed by atoms with E-state index in [4.69, 9.17) is 0 Å². The van der Waals surface area contributed by atoms with Crippen molar-refractivity contribution < 1.29 is 14.5 Å². The molecule has 0 spiro atoms. The minimum absolute atomic E-state index is 0.0856. The van der Waals surface area contributed by atoms with E-state index in [0.717, 1.165) is 22.9 Å². The van der Waals surface area contributed by atoms with Gasteiger partial charge in [-0.3, -0.25) is 29.1 Å². The van der Waals surface area contributed by atoms with Crippen LogP contribution >= 0.6 is 0 Å². The van der Waals surface area contributed by atoms with E-state index < -0.39 is 10.5 Å². The summed E-state index contributed by atoms with van der Waals surface area (Å²) in [6.45, 7) is 1.21. The molecule has 1 aliphatic heterocycles. The van der Waals surface area contributed by atoms with Crippen LogP contribution in [0.3, 0.4) is 0 Å². The number of aromatic nitrogens is 1. The first-order valence-electron chi connectivity index (χ1n) is 8.42. The van der Waals surface area contributed by atoms with Gasteiger partial charge in [-0.05, 0) is 12.1 Å². The Kier molecular flexibility index (Phi) is 5.30. The summed E-state index contributed by atoms with van der Waals surface area (Å²) in [4.78, 5) is 50.1. The molecule has 9 nitrogen and oxygen atoms in total. The van der Waals surface area contributed by atoms with E-state index in [-0.39, 0.29) is 24.0 Å². The van der Waals surface area contributed by atoms with Gasteiger partial charge in [0.1, 0.15) is 6.54 Å². The SMILES string of the molecule is O=C(Cn1cc([N+](=O)[O-])ccc1=O)N1CCN(C(=O)c2ccccc2)CC1. The molecule has 0 radical (unpaired) electrons. The van der Waals surface area contributed by atoms with Crippen LogP contribution in [-0.2, 0) is 11.3 Å². The predicted octanol–water partition coefficient (Wildman–Crippen LogP) is 0.741. The second kappa shape index (κ2) is 7.81. The molecule has 27 heavy (non-hydrogen) atoms. The number of pyridine rings is 1. The van der Waals surface area contributed by atoms with Crippen molar-refractivity contribution in [2.45, 2.75) is 6.54 Å². The van der Waals surface area contributed by atoms with Crippen molar-refractivity contribution >= 4 is 17.5 Å². The maximum atomic E-state index is 12.4. The maximum Gasteiger partial charge on any atom is 0.285 e. The lowest BCUT2D eigenvalue weighted by Gasteiger charge is -2.35. The number of hydrogen-bond donors (Lipinski definition) is 0. The Morgan fingerprint density at radius 1 is 0.963 bits per heavy atom. The summed E-state index contributed by atoms with van der Waals surface area (Å²) in [6, 6.07) is 11.1. The van der Waals surface area contributed by atoms with Crippen molar-refractivity contribution in [1.82, 2.24) is 14.4 Å². The second-order valence-corrected chi connectivity index (χ2v) is 6.15. The molecule has 0 N–H and O–H groups in total. The standard InChI is InChI=1S/C18H18N4O5/c23-16-7-6-15(22(26)27)12-21(16)13-17(24)19-8-10-20(11-9-19)18(25)14-4-2-1-3-5-14/h1-7,12H,8-11,13H2. The zero-order valence-corrected chi connectivity index (χ0v) is 14.5. The van der Waals surface area contributed by atoms with Crippen LogP contribution in [0.5, 0.6) is 0 Å². The fraction of sp³-hybridized carbons (Fsp3) is 0.278. The molecule has 0 unspecified atom stereocenters. The minimum Gasteiger partial charge on any atom is -0.338 e. The lowest BCUT2D eigenvalue weighted by atomic mass is 10.2. The Labute approximate surface area is 154 Å². The average Bonchev–Trinajstić information content (AvgIpc) is 2.69. The summed E-state index contributed by atoms with van der Waals surface area (Å²) in [5.41, 5.74) is -0.132. The molecule has 1 aliphatic rings. The summed E-state index contributed by atoms with van der Waals surface area (Å²) in [7, 11) is 0. The quantitative estimate of drug-likeness (QED) is 0.583. The fourth-order valence-electron chi connectivity index (χ4n) is 2.92. The smallest absolute Gasteiger partial charge is 0.285 e. The molecule has 1 fully saturated rings. The molecule has 9 heteroatoms. The van der Waals surface area contributed by atoms with Crippen molar-refractivity contribution in [1.29, 1.82) is 0 Å². The van der Waals surface area contributed by atoms with Gasteiger partial charge in [0.2, 0.25) is 5.91 Å². The lowest BCUT2D eigenvalue weighted by Crippen LogP contribution is -2.51. The van der Waals surface area contributed by atoms with Crippen LogP contribution in [0.1, 0.15) is 10.4 Å². The summed E-state index contributed by atoms with van der Waals surface area (Å²) in [5, 5.41) is 10.8. The number of carbonyl (C=O) groups is 2. The molecule has 0 bridgehead atoms. The minimum atomic E-state index is -0.617. The van der Waals surface area contributed by atoms with Gasteiger partial charge in [-0.25, -0.2) is 0 Å². The summed E-state index contributed by atoms with van der Waals surface area (Å²) < 4.78 is 1.03. The van der Waals surface area contributed by atoms with E-state index in [0.29, 0.717) is 31.7 Å². The van der Waals surface area contributed by atoms with Gasteiger partial charge in [0, 0.05) is 43.9 Å². The highest BCUT2D eigenvalue weighted by atomic mass is 16.6. The van der Waals surface area contributed by atoms with Crippen molar-refractivity contribution in [2.24, 2.45) is 0 Å². The van der Waals surface area contributed by atoms with Crippen LogP contribution in [0, 0.1) is 10.1 Å². The summed E-state index contributed by atoms with van der Waals surface area (Å²) >= 11 is 0. The first kappa shape index (κ1) is 18.3. The third-order valence-electron chi connectivity index (χ3n) is 4.42. The number of amides is 2. The summed E-state index contributed by atoms with van der Waals surface area (Å²) in [5.74, 6) is -0.401. The van der Waals surface area contributed by atoms with E-state index >= 15 is 0 Å². The average molecular weight is 370 g/mol. The highest BCUT2D eigenvalue weighted by Gasteiger charge is 2.25. The van der Waals surface area contributed by atoms with Crippen molar-refractivity contribution in [3.63, 3.8) is 0 Å². The van der Waals surface area contributed by atoms with Crippen LogP contribution in [0.2, 0.25) is 0 Å². The molecule has 1 saturated heterocycles. The van der Waals surface area contributed by atoms with Gasteiger partial charge in [-0.15, -0.1) is 0 Å². The molecular weight excluding hydrogens is 352 g/mol. The van der Waals surface area contributed by atoms with Gasteiger partial charge < -0.3 is 9.80 Å². The predicted molar refractivity (Wildman–Crippen MR) is 96.3 cm³/mol. The number of carbonyl (C=O) groups excluding carboxylic acids is 2. The molecule has 0 atom stereocenters. The molecule has 2 heterocycles. The second-order valence-electron chi connectivity index (χ2n) is 6.15. The van der Waals surface area contributed by atoms with Gasteiger partial charge in [0.05, 0.1) is 11.1 Å². The number of nitrogens with zero attached hydrogens (tertiary/aromatic N) is 4. The zero-order valence-electron chi connectivity index (χ0n) is 14.5. The van der Waals surface area contributed by atoms with Crippen LogP contribution in [0.4, 0.5) is 5.69 Å². The van der Waals surface area contributed by atoms with E-state index in [1.165, 1.54) is 0 Å². The Morgan fingerprint density at radius 3 is 2.22 bits per heavy atom. The van der Waals surface area contributed by atoms with Crippen LogP contribution in [-0.4, -0.2) is 57.3 Å². The largest absolute Gasteiger partial charge is 0.338 e. The summed E-state index contributed by atoms with van der Waals surface area (Å²) in [6.07, 6.45) is 1.06. The monoisotopic (exact) mass is 370 g/mol. The highest BCUT2D eigenvalue weighted by molar-refractivity contribution is 5.94. The number of hydrogen-bond acceptors (Lipinski definition) is 5. The fourth-order valence-corrected chi connectivity index (χ4v) is 2.92. The molecule has 3 rings (SSSR count). The van der Waals surface area contributed by atoms with Gasteiger partial charge in [0.15, 0.2) is 0 Å². The van der Waals surface area contributed by atoms with E-state index in [9.17, 15) is 24.5 Å². The van der Waals surface area contributed by atoms with E-state index in [1.807, 2.05) is 6.07 Å². The van der Waals surface area contributed by atoms with Crippen LogP contribution in [0.25, 0.3) is 0 Å². The Morgan fingerprint density at radius 2 is 1.59 bits per heavy atom. The van der Waals surface area contributed by atoms with E-state index in [2.05, 4.69) is 0 Å². The Bertz CT molecular complexity index is 917. The van der Waals surface area contributed by atoms with Gasteiger partial charge >= 0.3 is 0 Å². The molecular formula is C18H18N4O5. The molecule has 140 valence electrons. The lowest BCUT2D eigenvalue weighted by molar-refractivity contribution is -0.385. The molecule has 2 amide bonds. The third-order valence-corrected chi connectivity index (χ3v) is 4.42. The molecule has 2 aromatic rings. The molecule has 1 aromatic heterocycles. The topological polar surface area (TPSA) is 106 Å². The Balaban J connectivity index is 1.61. The number of benzene rings is 1.